The largest absolute Gasteiger partial charge is 0.481 e. The third-order valence-electron chi connectivity index (χ3n) is 16.2. The molecule has 2 N–H and O–H groups in total. The second-order valence-corrected chi connectivity index (χ2v) is 20.1. The lowest BCUT2D eigenvalue weighted by atomic mass is 9.34. The van der Waals surface area contributed by atoms with E-state index in [4.69, 9.17) is 4.74 Å². The lowest BCUT2D eigenvalue weighted by Crippen LogP contribution is -2.64. The van der Waals surface area contributed by atoms with Gasteiger partial charge in [-0.25, -0.2) is 8.78 Å². The fourth-order valence-electron chi connectivity index (χ4n) is 13.1. The highest BCUT2D eigenvalue weighted by atomic mass is 19.3. The second kappa shape index (κ2) is 12.4. The number of esters is 1. The third kappa shape index (κ3) is 5.83. The fraction of sp³-hybridized carbons (Fsp3) is 0.857. The summed E-state index contributed by atoms with van der Waals surface area (Å²) in [5, 5.41) is 12.8. The molecule has 5 saturated carbocycles. The molecule has 1 amide bonds. The van der Waals surface area contributed by atoms with Crippen molar-refractivity contribution < 1.29 is 37.8 Å². The first-order chi connectivity index (χ1) is 23.5. The Morgan fingerprint density at radius 2 is 1.55 bits per heavy atom. The topological polar surface area (TPSA) is 110 Å². The predicted octanol–water partition coefficient (Wildman–Crippen LogP) is 9.07. The zero-order valence-electron chi connectivity index (χ0n) is 32.6. The number of alkyl halides is 2. The number of carboxylic acids is 1. The lowest BCUT2D eigenvalue weighted by Gasteiger charge is -2.70. The highest BCUT2D eigenvalue weighted by molar-refractivity contribution is 6.00. The number of carboxylic acid groups (broad SMARTS) is 1. The van der Waals surface area contributed by atoms with E-state index in [0.29, 0.717) is 18.3 Å². The Morgan fingerprint density at radius 3 is 2.16 bits per heavy atom. The molecule has 0 aromatic carbocycles. The second-order valence-electron chi connectivity index (χ2n) is 20.1. The molecule has 0 aliphatic heterocycles. The van der Waals surface area contributed by atoms with Gasteiger partial charge in [0, 0.05) is 36.6 Å². The van der Waals surface area contributed by atoms with E-state index >= 15 is 0 Å². The van der Waals surface area contributed by atoms with E-state index in [2.05, 4.69) is 53.8 Å². The van der Waals surface area contributed by atoms with Crippen LogP contribution in [0.15, 0.2) is 11.1 Å². The third-order valence-corrected chi connectivity index (χ3v) is 16.2. The van der Waals surface area contributed by atoms with Crippen molar-refractivity contribution in [2.75, 3.05) is 0 Å². The van der Waals surface area contributed by atoms with Gasteiger partial charge in [0.2, 0.25) is 11.8 Å². The predicted molar refractivity (Wildman–Crippen MR) is 191 cm³/mol. The van der Waals surface area contributed by atoms with Crippen LogP contribution in [0.2, 0.25) is 0 Å². The van der Waals surface area contributed by atoms with Gasteiger partial charge in [0.05, 0.1) is 17.3 Å². The van der Waals surface area contributed by atoms with Crippen molar-refractivity contribution in [2.24, 2.45) is 56.2 Å². The zero-order valence-corrected chi connectivity index (χ0v) is 32.6. The van der Waals surface area contributed by atoms with E-state index in [1.165, 1.54) is 5.57 Å². The molecule has 7 nitrogen and oxygen atoms in total. The van der Waals surface area contributed by atoms with Crippen molar-refractivity contribution in [3.8, 4) is 0 Å². The lowest BCUT2D eigenvalue weighted by molar-refractivity contribution is -0.214. The minimum absolute atomic E-state index is 0.00313. The summed E-state index contributed by atoms with van der Waals surface area (Å²) in [5.74, 6) is -3.64. The monoisotopic (exact) mass is 715 g/mol. The van der Waals surface area contributed by atoms with Crippen molar-refractivity contribution in [2.45, 2.75) is 170 Å². The molecule has 0 aromatic rings. The van der Waals surface area contributed by atoms with E-state index < -0.39 is 28.7 Å². The number of nitrogens with one attached hydrogen (secondary N) is 1. The zero-order chi connectivity index (χ0) is 37.7. The van der Waals surface area contributed by atoms with Crippen molar-refractivity contribution in [1.82, 2.24) is 5.32 Å². The highest BCUT2D eigenvalue weighted by Gasteiger charge is 2.70. The van der Waals surface area contributed by atoms with E-state index in [0.717, 1.165) is 50.5 Å². The number of carbonyl (C=O) groups is 4. The van der Waals surface area contributed by atoms with Crippen molar-refractivity contribution >= 4 is 23.6 Å². The molecule has 286 valence electrons. The molecule has 51 heavy (non-hydrogen) atoms. The number of Topliss-reactive ketones (excluding diaryl/α,β-unsaturated/α-hetero) is 1. The van der Waals surface area contributed by atoms with Crippen LogP contribution in [0, 0.1) is 56.2 Å². The van der Waals surface area contributed by atoms with Crippen LogP contribution in [0.5, 0.6) is 0 Å². The Hall–Kier alpha value is -2.32. The number of hydrogen-bond acceptors (Lipinski definition) is 5. The van der Waals surface area contributed by atoms with Gasteiger partial charge in [-0.05, 0) is 118 Å². The smallest absolute Gasteiger partial charge is 0.309 e. The van der Waals surface area contributed by atoms with Gasteiger partial charge in [-0.2, -0.15) is 0 Å². The van der Waals surface area contributed by atoms with E-state index in [9.17, 15) is 33.1 Å². The number of hydrogen-bond donors (Lipinski definition) is 2. The van der Waals surface area contributed by atoms with Crippen molar-refractivity contribution in [3.63, 3.8) is 0 Å². The molecule has 6 aliphatic carbocycles. The van der Waals surface area contributed by atoms with Crippen LogP contribution in [0.3, 0.4) is 0 Å². The minimum atomic E-state index is -2.67. The molecule has 6 aliphatic rings. The summed E-state index contributed by atoms with van der Waals surface area (Å²) in [7, 11) is 0. The molecule has 0 aromatic heterocycles. The Morgan fingerprint density at radius 1 is 0.902 bits per heavy atom. The van der Waals surface area contributed by atoms with E-state index in [-0.39, 0.29) is 95.9 Å². The van der Waals surface area contributed by atoms with Gasteiger partial charge < -0.3 is 15.2 Å². The first-order valence-electron chi connectivity index (χ1n) is 19.8. The van der Waals surface area contributed by atoms with E-state index in [1.807, 2.05) is 0 Å². The van der Waals surface area contributed by atoms with Crippen LogP contribution in [0.1, 0.15) is 152 Å². The normalized spacial score (nSPS) is 40.5. The summed E-state index contributed by atoms with van der Waals surface area (Å²) in [6, 6.07) is -0.288. The summed E-state index contributed by atoms with van der Waals surface area (Å²) in [6.07, 6.45) is 6.72. The maximum absolute atomic E-state index is 14.5. The number of halogens is 2. The van der Waals surface area contributed by atoms with Crippen molar-refractivity contribution in [3.05, 3.63) is 11.1 Å². The van der Waals surface area contributed by atoms with Gasteiger partial charge in [-0.15, -0.1) is 0 Å². The minimum Gasteiger partial charge on any atom is -0.481 e. The first-order valence-corrected chi connectivity index (χ1v) is 19.8. The maximum atomic E-state index is 14.5. The summed E-state index contributed by atoms with van der Waals surface area (Å²) >= 11 is 0. The maximum Gasteiger partial charge on any atom is 0.309 e. The molecule has 9 heteroatoms. The molecule has 1 unspecified atom stereocenters. The molecule has 8 atom stereocenters. The summed E-state index contributed by atoms with van der Waals surface area (Å²) < 4.78 is 34.1. The molecule has 5 fully saturated rings. The quantitative estimate of drug-likeness (QED) is 0.201. The Bertz CT molecular complexity index is 1510. The van der Waals surface area contributed by atoms with Gasteiger partial charge in [-0.1, -0.05) is 54.0 Å². The Balaban J connectivity index is 1.30. The molecule has 0 saturated heterocycles. The van der Waals surface area contributed by atoms with Gasteiger partial charge >= 0.3 is 11.9 Å². The van der Waals surface area contributed by atoms with Gasteiger partial charge in [0.15, 0.2) is 0 Å². The van der Waals surface area contributed by atoms with Crippen LogP contribution in [-0.2, 0) is 23.9 Å². The molecular formula is C42H63F2NO6. The standard InChI is InChI=1S/C42H63F2NO6/c1-24(2)32-27(46)22-41(34(48)45-25-12-18-42(43,44)19-13-25)21-20-39(8)26(33(32)41)10-11-29-38(7)16-15-30(51-31(47)23-36(3,4)35(49)50)37(5,6)28(38)14-17-40(29,39)9/h24-25,28-30,32H,10-23H2,1-9H3,(H,45,48)(H,49,50)/t28-,29+,30-,32?,38-,39+,40+,41+/m0/s1. The van der Waals surface area contributed by atoms with E-state index in [1.54, 1.807) is 13.8 Å². The average Bonchev–Trinajstić information content (AvgIpc) is 3.33. The molecule has 0 spiro atoms. The number of fused-ring (bicyclic) bond motifs is 6. The highest BCUT2D eigenvalue weighted by Crippen LogP contribution is 2.76. The van der Waals surface area contributed by atoms with Crippen LogP contribution in [0.4, 0.5) is 8.78 Å². The van der Waals surface area contributed by atoms with Crippen LogP contribution < -0.4 is 5.32 Å². The number of carbonyl (C=O) groups excluding carboxylic acids is 3. The molecule has 0 bridgehead atoms. The molecule has 0 radical (unpaired) electrons. The van der Waals surface area contributed by atoms with Crippen LogP contribution >= 0.6 is 0 Å². The molecular weight excluding hydrogens is 652 g/mol. The number of rotatable bonds is 7. The summed E-state index contributed by atoms with van der Waals surface area (Å²) in [4.78, 5) is 53.2. The number of amides is 1. The average molecular weight is 716 g/mol. The van der Waals surface area contributed by atoms with Crippen LogP contribution in [-0.4, -0.2) is 46.8 Å². The van der Waals surface area contributed by atoms with Crippen LogP contribution in [0.25, 0.3) is 0 Å². The first kappa shape index (κ1) is 38.4. The van der Waals surface area contributed by atoms with Crippen molar-refractivity contribution in [1.29, 1.82) is 0 Å². The summed E-state index contributed by atoms with van der Waals surface area (Å²) in [6.45, 7) is 19.1. The van der Waals surface area contributed by atoms with Gasteiger partial charge in [0.1, 0.15) is 11.9 Å². The number of ether oxygens (including phenoxy) is 1. The molecule has 0 heterocycles. The number of ketones is 1. The molecule has 6 rings (SSSR count). The number of aliphatic carboxylic acids is 1. The van der Waals surface area contributed by atoms with Gasteiger partial charge in [0.25, 0.3) is 0 Å². The summed E-state index contributed by atoms with van der Waals surface area (Å²) in [5.41, 5.74) is -0.236. The van der Waals surface area contributed by atoms with Gasteiger partial charge in [-0.3, -0.25) is 19.2 Å². The Labute approximate surface area is 303 Å². The fourth-order valence-corrected chi connectivity index (χ4v) is 13.1. The Kier molecular flexibility index (Phi) is 9.31. The SMILES string of the molecule is CC(C)C1C(=O)C[C@]2(C(=O)NC3CCC(F)(F)CC3)CC[C@]3(C)C(=C12)CC[C@@H]1[C@@]2(C)CC[C@H](OC(=O)CC(C)(C)C(=O)O)C(C)(C)[C@@H]2CC[C@]13C. The number of allylic oxidation sites excluding steroid dienone is 1.